The van der Waals surface area contributed by atoms with Gasteiger partial charge in [0.2, 0.25) is 5.91 Å². The first-order valence-corrected chi connectivity index (χ1v) is 8.72. The molecule has 0 aliphatic carbocycles. The summed E-state index contributed by atoms with van der Waals surface area (Å²) in [5.74, 6) is 0.483. The summed E-state index contributed by atoms with van der Waals surface area (Å²) in [6.07, 6.45) is 0.641. The molecule has 0 atom stereocenters. The lowest BCUT2D eigenvalue weighted by Gasteiger charge is -2.09. The smallest absolute Gasteiger partial charge is 0.321 e. The number of thioether (sulfide) groups is 1. The Morgan fingerprint density at radius 1 is 1.24 bits per heavy atom. The van der Waals surface area contributed by atoms with E-state index >= 15 is 0 Å². The molecular formula is C16H21N5O3S. The van der Waals surface area contributed by atoms with Gasteiger partial charge in [0.25, 0.3) is 0 Å². The summed E-state index contributed by atoms with van der Waals surface area (Å²) in [5.41, 5.74) is 1.13. The number of hydrogen-bond donors (Lipinski definition) is 2. The van der Waals surface area contributed by atoms with Crippen molar-refractivity contribution in [1.82, 2.24) is 25.4 Å². The highest BCUT2D eigenvalue weighted by atomic mass is 32.2. The van der Waals surface area contributed by atoms with Crippen LogP contribution in [0.15, 0.2) is 35.5 Å². The van der Waals surface area contributed by atoms with E-state index in [9.17, 15) is 9.59 Å². The van der Waals surface area contributed by atoms with Crippen molar-refractivity contribution in [3.63, 3.8) is 0 Å². The van der Waals surface area contributed by atoms with Gasteiger partial charge in [0.15, 0.2) is 5.16 Å². The number of methoxy groups -OCH3 is 1. The van der Waals surface area contributed by atoms with Crippen molar-refractivity contribution in [3.05, 3.63) is 41.7 Å². The Morgan fingerprint density at radius 2 is 2.00 bits per heavy atom. The van der Waals surface area contributed by atoms with Crippen LogP contribution in [0.2, 0.25) is 0 Å². The molecule has 1 aromatic carbocycles. The molecule has 0 fully saturated rings. The fraction of sp³-hybridized carbons (Fsp3) is 0.375. The van der Waals surface area contributed by atoms with Gasteiger partial charge in [0.05, 0.1) is 12.4 Å². The van der Waals surface area contributed by atoms with Gasteiger partial charge < -0.3 is 14.6 Å². The molecule has 1 heterocycles. The van der Waals surface area contributed by atoms with Gasteiger partial charge in [0.1, 0.15) is 5.82 Å². The van der Waals surface area contributed by atoms with E-state index in [0.29, 0.717) is 24.7 Å². The van der Waals surface area contributed by atoms with Crippen LogP contribution in [0.4, 0.5) is 4.79 Å². The molecule has 0 bridgehead atoms. The van der Waals surface area contributed by atoms with Crippen LogP contribution in [0.3, 0.4) is 0 Å². The second kappa shape index (κ2) is 9.80. The number of nitrogens with zero attached hydrogens (tertiary/aromatic N) is 3. The molecule has 25 heavy (non-hydrogen) atoms. The number of ether oxygens (including phenoxy) is 1. The molecule has 0 saturated heterocycles. The molecule has 3 amide bonds. The zero-order valence-corrected chi connectivity index (χ0v) is 15.0. The van der Waals surface area contributed by atoms with E-state index in [0.717, 1.165) is 11.4 Å². The van der Waals surface area contributed by atoms with E-state index in [1.165, 1.54) is 18.8 Å². The fourth-order valence-electron chi connectivity index (χ4n) is 2.10. The van der Waals surface area contributed by atoms with Crippen LogP contribution in [-0.2, 0) is 22.5 Å². The van der Waals surface area contributed by atoms with E-state index in [2.05, 4.69) is 20.8 Å². The van der Waals surface area contributed by atoms with Crippen LogP contribution >= 0.6 is 11.8 Å². The Bertz CT molecular complexity index is 705. The lowest BCUT2D eigenvalue weighted by atomic mass is 10.1. The minimum Gasteiger partial charge on any atom is -0.383 e. The summed E-state index contributed by atoms with van der Waals surface area (Å²) in [6, 6.07) is 9.44. The number of amides is 3. The first kappa shape index (κ1) is 18.9. The van der Waals surface area contributed by atoms with Crippen molar-refractivity contribution in [1.29, 1.82) is 0 Å². The first-order valence-electron chi connectivity index (χ1n) is 7.73. The van der Waals surface area contributed by atoms with Gasteiger partial charge in [-0.25, -0.2) is 4.79 Å². The summed E-state index contributed by atoms with van der Waals surface area (Å²) in [5, 5.41) is 13.6. The van der Waals surface area contributed by atoms with Crippen molar-refractivity contribution >= 4 is 23.7 Å². The largest absolute Gasteiger partial charge is 0.383 e. The number of urea groups is 1. The summed E-state index contributed by atoms with van der Waals surface area (Å²) in [7, 11) is 3.08. The number of nitrogens with one attached hydrogen (secondary N) is 2. The van der Waals surface area contributed by atoms with Gasteiger partial charge in [-0.05, 0) is 5.56 Å². The maximum Gasteiger partial charge on any atom is 0.321 e. The van der Waals surface area contributed by atoms with E-state index in [1.807, 2.05) is 34.9 Å². The van der Waals surface area contributed by atoms with Crippen molar-refractivity contribution in [2.45, 2.75) is 18.1 Å². The molecule has 2 N–H and O–H groups in total. The van der Waals surface area contributed by atoms with Gasteiger partial charge in [-0.1, -0.05) is 42.1 Å². The maximum absolute atomic E-state index is 11.7. The number of carbonyl (C=O) groups is 2. The van der Waals surface area contributed by atoms with Crippen molar-refractivity contribution in [3.8, 4) is 0 Å². The molecule has 8 nitrogen and oxygen atoms in total. The van der Waals surface area contributed by atoms with Gasteiger partial charge in [0, 0.05) is 27.1 Å². The summed E-state index contributed by atoms with van der Waals surface area (Å²) in [4.78, 5) is 22.9. The van der Waals surface area contributed by atoms with Crippen molar-refractivity contribution in [2.75, 3.05) is 26.5 Å². The standard InChI is InChI=1S/C16H21N5O3S/c1-17-15(23)18-14(22)11-25-16-20-19-13(21(16)8-9-24-2)10-12-6-4-3-5-7-12/h3-7H,8-11H2,1-2H3,(H2,17,18,22,23). The number of hydrogen-bond acceptors (Lipinski definition) is 6. The van der Waals surface area contributed by atoms with Gasteiger partial charge in [-0.15, -0.1) is 10.2 Å². The number of rotatable bonds is 8. The average Bonchev–Trinajstić information content (AvgIpc) is 3.00. The predicted octanol–water partition coefficient (Wildman–Crippen LogP) is 1.06. The number of carbonyl (C=O) groups excluding carboxylic acids is 2. The SMILES string of the molecule is CNC(=O)NC(=O)CSc1nnc(Cc2ccccc2)n1CCOC. The maximum atomic E-state index is 11.7. The highest BCUT2D eigenvalue weighted by molar-refractivity contribution is 7.99. The van der Waals surface area contributed by atoms with E-state index in [1.54, 1.807) is 7.11 Å². The van der Waals surface area contributed by atoms with Crippen LogP contribution in [0.1, 0.15) is 11.4 Å². The second-order valence-corrected chi connectivity index (χ2v) is 6.06. The third-order valence-electron chi connectivity index (χ3n) is 3.33. The molecular weight excluding hydrogens is 342 g/mol. The van der Waals surface area contributed by atoms with E-state index < -0.39 is 11.9 Å². The molecule has 2 aromatic rings. The molecule has 0 aliphatic rings. The Morgan fingerprint density at radius 3 is 2.68 bits per heavy atom. The van der Waals surface area contributed by atoms with Gasteiger partial charge in [-0.3, -0.25) is 10.1 Å². The molecule has 0 saturated carbocycles. The zero-order chi connectivity index (χ0) is 18.1. The quantitative estimate of drug-likeness (QED) is 0.681. The molecule has 9 heteroatoms. The number of benzene rings is 1. The van der Waals surface area contributed by atoms with Crippen LogP contribution in [0, 0.1) is 0 Å². The predicted molar refractivity (Wildman–Crippen MR) is 94.5 cm³/mol. The molecule has 134 valence electrons. The third kappa shape index (κ3) is 5.87. The van der Waals surface area contributed by atoms with Gasteiger partial charge >= 0.3 is 6.03 Å². The molecule has 0 unspecified atom stereocenters. The van der Waals surface area contributed by atoms with Crippen LogP contribution in [0.25, 0.3) is 0 Å². The fourth-order valence-corrected chi connectivity index (χ4v) is 2.88. The Kier molecular flexibility index (Phi) is 7.42. The number of aromatic nitrogens is 3. The lowest BCUT2D eigenvalue weighted by Crippen LogP contribution is -2.38. The number of imide groups is 1. The average molecular weight is 363 g/mol. The Labute approximate surface area is 150 Å². The van der Waals surface area contributed by atoms with E-state index in [4.69, 9.17) is 4.74 Å². The van der Waals surface area contributed by atoms with Crippen LogP contribution < -0.4 is 10.6 Å². The minimum atomic E-state index is -0.531. The highest BCUT2D eigenvalue weighted by Crippen LogP contribution is 2.18. The van der Waals surface area contributed by atoms with Crippen molar-refractivity contribution in [2.24, 2.45) is 0 Å². The second-order valence-electron chi connectivity index (χ2n) is 5.12. The third-order valence-corrected chi connectivity index (χ3v) is 4.30. The monoisotopic (exact) mass is 363 g/mol. The molecule has 0 radical (unpaired) electrons. The highest BCUT2D eigenvalue weighted by Gasteiger charge is 2.15. The van der Waals surface area contributed by atoms with Crippen LogP contribution in [0.5, 0.6) is 0 Å². The molecule has 2 rings (SSSR count). The van der Waals surface area contributed by atoms with E-state index in [-0.39, 0.29) is 5.75 Å². The van der Waals surface area contributed by atoms with Gasteiger partial charge in [-0.2, -0.15) is 0 Å². The Balaban J connectivity index is 2.06. The topological polar surface area (TPSA) is 98.1 Å². The summed E-state index contributed by atoms with van der Waals surface area (Å²) < 4.78 is 7.09. The summed E-state index contributed by atoms with van der Waals surface area (Å²) >= 11 is 1.23. The first-order chi connectivity index (χ1) is 12.1. The zero-order valence-electron chi connectivity index (χ0n) is 14.2. The molecule has 0 aliphatic heterocycles. The molecule has 1 aromatic heterocycles. The lowest BCUT2D eigenvalue weighted by molar-refractivity contribution is -0.117. The summed E-state index contributed by atoms with van der Waals surface area (Å²) in [6.45, 7) is 1.10. The molecule has 0 spiro atoms. The Hall–Kier alpha value is -2.39. The minimum absolute atomic E-state index is 0.0733. The normalized spacial score (nSPS) is 10.5. The van der Waals surface area contributed by atoms with Crippen molar-refractivity contribution < 1.29 is 14.3 Å². The van der Waals surface area contributed by atoms with Crippen LogP contribution in [-0.4, -0.2) is 53.2 Å².